The zero-order valence-electron chi connectivity index (χ0n) is 21.6. The molecule has 0 saturated carbocycles. The van der Waals surface area contributed by atoms with Crippen LogP contribution in [0.5, 0.6) is 0 Å². The van der Waals surface area contributed by atoms with Gasteiger partial charge < -0.3 is 5.32 Å². The van der Waals surface area contributed by atoms with Gasteiger partial charge in [-0.3, -0.25) is 14.5 Å². The van der Waals surface area contributed by atoms with Crippen LogP contribution in [0.4, 0.5) is 10.1 Å². The van der Waals surface area contributed by atoms with Crippen molar-refractivity contribution in [2.24, 2.45) is 5.92 Å². The van der Waals surface area contributed by atoms with Crippen molar-refractivity contribution >= 4 is 28.5 Å². The Morgan fingerprint density at radius 2 is 1.76 bits per heavy atom. The maximum Gasteiger partial charge on any atom is 0.249 e. The SMILES string of the molecule is Cc1ccc(C)c(N(C(=O)Cn2nnc3ccccc32)C(C(=O)NCCC(C)C)c2ccc(F)cc2)c1. The van der Waals surface area contributed by atoms with Crippen LogP contribution in [-0.4, -0.2) is 33.4 Å². The van der Waals surface area contributed by atoms with E-state index in [-0.39, 0.29) is 18.4 Å². The van der Waals surface area contributed by atoms with Gasteiger partial charge in [0.25, 0.3) is 0 Å². The number of carbonyl (C=O) groups is 2. The Labute approximate surface area is 216 Å². The molecule has 37 heavy (non-hydrogen) atoms. The van der Waals surface area contributed by atoms with Crippen LogP contribution in [0.2, 0.25) is 0 Å². The topological polar surface area (TPSA) is 80.1 Å². The quantitative estimate of drug-likeness (QED) is 0.345. The van der Waals surface area contributed by atoms with E-state index in [1.807, 2.05) is 56.3 Å². The van der Waals surface area contributed by atoms with Gasteiger partial charge in [-0.05, 0) is 73.2 Å². The second kappa shape index (κ2) is 11.3. The summed E-state index contributed by atoms with van der Waals surface area (Å²) in [6, 6.07) is 17.9. The first kappa shape index (κ1) is 26.0. The predicted octanol–water partition coefficient (Wildman–Crippen LogP) is 5.12. The first-order chi connectivity index (χ1) is 17.7. The Morgan fingerprint density at radius 1 is 1.03 bits per heavy atom. The zero-order valence-corrected chi connectivity index (χ0v) is 21.6. The molecule has 1 atom stereocenters. The van der Waals surface area contributed by atoms with Crippen molar-refractivity contribution in [2.45, 2.75) is 46.7 Å². The number of aryl methyl sites for hydroxylation is 2. The van der Waals surface area contributed by atoms with Gasteiger partial charge in [-0.25, -0.2) is 9.07 Å². The first-order valence-corrected chi connectivity index (χ1v) is 12.5. The highest BCUT2D eigenvalue weighted by molar-refractivity contribution is 6.02. The summed E-state index contributed by atoms with van der Waals surface area (Å²) in [5.74, 6) is -0.675. The van der Waals surface area contributed by atoms with Crippen molar-refractivity contribution in [1.29, 1.82) is 0 Å². The highest BCUT2D eigenvalue weighted by Crippen LogP contribution is 2.32. The highest BCUT2D eigenvalue weighted by atomic mass is 19.1. The number of aromatic nitrogens is 3. The summed E-state index contributed by atoms with van der Waals surface area (Å²) < 4.78 is 15.4. The third kappa shape index (κ3) is 6.02. The fourth-order valence-electron chi connectivity index (χ4n) is 4.28. The van der Waals surface area contributed by atoms with Gasteiger partial charge in [0.2, 0.25) is 11.8 Å². The average molecular weight is 502 g/mol. The number of nitrogens with zero attached hydrogens (tertiary/aromatic N) is 4. The molecule has 8 heteroatoms. The lowest BCUT2D eigenvalue weighted by Crippen LogP contribution is -2.46. The molecule has 4 rings (SSSR count). The molecule has 2 amide bonds. The molecular formula is C29H32FN5O2. The third-order valence-electron chi connectivity index (χ3n) is 6.31. The third-order valence-corrected chi connectivity index (χ3v) is 6.31. The molecule has 7 nitrogen and oxygen atoms in total. The zero-order chi connectivity index (χ0) is 26.5. The molecule has 192 valence electrons. The molecule has 1 aromatic heterocycles. The normalized spacial score (nSPS) is 12.1. The number of benzene rings is 3. The molecule has 1 unspecified atom stereocenters. The smallest absolute Gasteiger partial charge is 0.249 e. The van der Waals surface area contributed by atoms with Crippen LogP contribution in [-0.2, 0) is 16.1 Å². The van der Waals surface area contributed by atoms with Crippen LogP contribution >= 0.6 is 0 Å². The summed E-state index contributed by atoms with van der Waals surface area (Å²) in [6.45, 7) is 8.35. The van der Waals surface area contributed by atoms with Gasteiger partial charge >= 0.3 is 0 Å². The van der Waals surface area contributed by atoms with Crippen molar-refractivity contribution in [1.82, 2.24) is 20.3 Å². The molecular weight excluding hydrogens is 469 g/mol. The predicted molar refractivity (Wildman–Crippen MR) is 143 cm³/mol. The van der Waals surface area contributed by atoms with Crippen LogP contribution in [0, 0.1) is 25.6 Å². The molecule has 3 aromatic carbocycles. The van der Waals surface area contributed by atoms with Crippen molar-refractivity contribution < 1.29 is 14.0 Å². The molecule has 0 aliphatic heterocycles. The Hall–Kier alpha value is -4.07. The molecule has 0 aliphatic carbocycles. The van der Waals surface area contributed by atoms with Gasteiger partial charge in [-0.15, -0.1) is 5.10 Å². The minimum Gasteiger partial charge on any atom is -0.354 e. The van der Waals surface area contributed by atoms with Gasteiger partial charge in [0.1, 0.15) is 23.9 Å². The van der Waals surface area contributed by atoms with E-state index in [0.717, 1.165) is 23.1 Å². The number of carbonyl (C=O) groups excluding carboxylic acids is 2. The lowest BCUT2D eigenvalue weighted by Gasteiger charge is -2.33. The van der Waals surface area contributed by atoms with E-state index in [4.69, 9.17) is 0 Å². The molecule has 1 N–H and O–H groups in total. The summed E-state index contributed by atoms with van der Waals surface area (Å²) in [4.78, 5) is 29.3. The Kier molecular flexibility index (Phi) is 7.96. The maximum atomic E-state index is 14.1. The number of hydrogen-bond donors (Lipinski definition) is 1. The van der Waals surface area contributed by atoms with Gasteiger partial charge in [0.15, 0.2) is 0 Å². The maximum absolute atomic E-state index is 14.1. The number of para-hydroxylation sites is 1. The minimum atomic E-state index is -1.00. The molecule has 0 aliphatic rings. The number of amides is 2. The molecule has 0 radical (unpaired) electrons. The number of hydrogen-bond acceptors (Lipinski definition) is 4. The number of halogens is 1. The summed E-state index contributed by atoms with van der Waals surface area (Å²) in [5.41, 5.74) is 4.31. The van der Waals surface area contributed by atoms with Gasteiger partial charge in [-0.1, -0.05) is 55.5 Å². The van der Waals surface area contributed by atoms with Crippen molar-refractivity contribution in [3.63, 3.8) is 0 Å². The highest BCUT2D eigenvalue weighted by Gasteiger charge is 2.34. The summed E-state index contributed by atoms with van der Waals surface area (Å²) in [5, 5.41) is 11.3. The summed E-state index contributed by atoms with van der Waals surface area (Å²) in [7, 11) is 0. The van der Waals surface area contributed by atoms with E-state index in [2.05, 4.69) is 29.5 Å². The van der Waals surface area contributed by atoms with Gasteiger partial charge in [-0.2, -0.15) is 0 Å². The fourth-order valence-corrected chi connectivity index (χ4v) is 4.28. The van der Waals surface area contributed by atoms with Crippen molar-refractivity contribution in [3.05, 3.63) is 89.2 Å². The summed E-state index contributed by atoms with van der Waals surface area (Å²) in [6.07, 6.45) is 0.796. The van der Waals surface area contributed by atoms with Gasteiger partial charge in [0, 0.05) is 12.2 Å². The van der Waals surface area contributed by atoms with Crippen LogP contribution in [0.1, 0.15) is 43.0 Å². The van der Waals surface area contributed by atoms with E-state index >= 15 is 0 Å². The van der Waals surface area contributed by atoms with Gasteiger partial charge in [0.05, 0.1) is 5.52 Å². The summed E-state index contributed by atoms with van der Waals surface area (Å²) >= 11 is 0. The largest absolute Gasteiger partial charge is 0.354 e. The molecule has 0 spiro atoms. The Balaban J connectivity index is 1.80. The first-order valence-electron chi connectivity index (χ1n) is 12.5. The Morgan fingerprint density at radius 3 is 2.49 bits per heavy atom. The second-order valence-corrected chi connectivity index (χ2v) is 9.72. The molecule has 0 bridgehead atoms. The van der Waals surface area contributed by atoms with E-state index in [1.54, 1.807) is 12.1 Å². The van der Waals surface area contributed by atoms with Crippen LogP contribution < -0.4 is 10.2 Å². The van der Waals surface area contributed by atoms with E-state index in [1.165, 1.54) is 21.7 Å². The fraction of sp³-hybridized carbons (Fsp3) is 0.310. The van der Waals surface area contributed by atoms with E-state index < -0.39 is 11.9 Å². The number of fused-ring (bicyclic) bond motifs is 1. The van der Waals surface area contributed by atoms with Crippen LogP contribution in [0.25, 0.3) is 11.0 Å². The monoisotopic (exact) mass is 501 g/mol. The molecule has 0 fully saturated rings. The average Bonchev–Trinajstić information content (AvgIpc) is 3.27. The minimum absolute atomic E-state index is 0.120. The number of anilines is 1. The second-order valence-electron chi connectivity index (χ2n) is 9.72. The van der Waals surface area contributed by atoms with E-state index in [0.29, 0.717) is 29.2 Å². The van der Waals surface area contributed by atoms with Crippen LogP contribution in [0.15, 0.2) is 66.7 Å². The lowest BCUT2D eigenvalue weighted by molar-refractivity contribution is -0.127. The van der Waals surface area contributed by atoms with Crippen LogP contribution in [0.3, 0.4) is 0 Å². The standard InChI is InChI=1S/C29H32FN5O2/c1-19(2)15-16-31-29(37)28(22-11-13-23(30)14-12-22)35(26-17-20(3)9-10-21(26)4)27(36)18-34-25-8-6-5-7-24(25)32-33-34/h5-14,17,19,28H,15-16,18H2,1-4H3,(H,31,37). The number of rotatable bonds is 9. The molecule has 0 saturated heterocycles. The van der Waals surface area contributed by atoms with Crippen molar-refractivity contribution in [2.75, 3.05) is 11.4 Å². The van der Waals surface area contributed by atoms with Crippen molar-refractivity contribution in [3.8, 4) is 0 Å². The number of nitrogens with one attached hydrogen (secondary N) is 1. The lowest BCUT2D eigenvalue weighted by atomic mass is 10.0. The van der Waals surface area contributed by atoms with E-state index in [9.17, 15) is 14.0 Å². The molecule has 4 aromatic rings. The molecule has 1 heterocycles. The Bertz CT molecular complexity index is 1400.